The summed E-state index contributed by atoms with van der Waals surface area (Å²) < 4.78 is 1.97. The van der Waals surface area contributed by atoms with Crippen LogP contribution in [0.5, 0.6) is 0 Å². The van der Waals surface area contributed by atoms with E-state index in [9.17, 15) is 14.7 Å². The van der Waals surface area contributed by atoms with Gasteiger partial charge in [-0.05, 0) is 72.7 Å². The van der Waals surface area contributed by atoms with E-state index in [1.165, 1.54) is 0 Å². The third-order valence-corrected chi connectivity index (χ3v) is 7.26. The number of benzene rings is 2. The van der Waals surface area contributed by atoms with Gasteiger partial charge in [-0.2, -0.15) is 0 Å². The van der Waals surface area contributed by atoms with Crippen LogP contribution in [0.3, 0.4) is 0 Å². The number of hydrogen-bond acceptors (Lipinski definition) is 4. The number of nitrogens with one attached hydrogen (secondary N) is 2. The largest absolute Gasteiger partial charge is 0.478 e. The fourth-order valence-electron chi connectivity index (χ4n) is 5.01. The lowest BCUT2D eigenvalue weighted by molar-refractivity contribution is -0.116. The first-order valence-electron chi connectivity index (χ1n) is 12.8. The quantitative estimate of drug-likeness (QED) is 0.254. The van der Waals surface area contributed by atoms with Crippen LogP contribution < -0.4 is 10.6 Å². The number of hydrogen-bond donors (Lipinski definition) is 3. The number of rotatable bonds is 9. The van der Waals surface area contributed by atoms with Crippen molar-refractivity contribution in [2.24, 2.45) is 0 Å². The molecule has 8 nitrogen and oxygen atoms in total. The maximum atomic E-state index is 13.0. The van der Waals surface area contributed by atoms with Crippen molar-refractivity contribution >= 4 is 34.9 Å². The van der Waals surface area contributed by atoms with E-state index in [0.29, 0.717) is 11.7 Å². The topological polar surface area (TPSA) is 99.5 Å². The predicted octanol–water partition coefficient (Wildman–Crippen LogP) is 5.13. The van der Waals surface area contributed by atoms with Gasteiger partial charge in [0.25, 0.3) is 0 Å². The Morgan fingerprint density at radius 3 is 2.64 bits per heavy atom. The number of nitrogens with zero attached hydrogens (tertiary/aromatic N) is 3. The SMILES string of the molecule is CCc1ccccc1NC(=O)CCN1C(=S)N[C@@H](c2ccccn2)[C@H]1c1cccn1-c1cccc(C(=O)O)c1. The van der Waals surface area contributed by atoms with E-state index in [-0.39, 0.29) is 30.0 Å². The summed E-state index contributed by atoms with van der Waals surface area (Å²) in [5, 5.41) is 16.5. The van der Waals surface area contributed by atoms with Crippen LogP contribution in [-0.2, 0) is 11.2 Å². The number of pyridine rings is 1. The number of carbonyl (C=O) groups is 2. The lowest BCUT2D eigenvalue weighted by Gasteiger charge is -2.29. The molecule has 0 radical (unpaired) electrons. The molecule has 1 fully saturated rings. The predicted molar refractivity (Wildman–Crippen MR) is 154 cm³/mol. The normalized spacial score (nSPS) is 16.6. The molecule has 198 valence electrons. The molecular weight excluding hydrogens is 510 g/mol. The van der Waals surface area contributed by atoms with Crippen LogP contribution in [0.1, 0.15) is 52.7 Å². The van der Waals surface area contributed by atoms with Gasteiger partial charge in [0.15, 0.2) is 5.11 Å². The van der Waals surface area contributed by atoms with Crippen LogP contribution in [0.25, 0.3) is 5.69 Å². The minimum absolute atomic E-state index is 0.0942. The van der Waals surface area contributed by atoms with Gasteiger partial charge in [0.2, 0.25) is 5.91 Å². The number of para-hydroxylation sites is 1. The molecule has 2 aromatic carbocycles. The number of aromatic carboxylic acids is 1. The molecule has 39 heavy (non-hydrogen) atoms. The first-order chi connectivity index (χ1) is 19.0. The number of carboxylic acids is 1. The Morgan fingerprint density at radius 1 is 1.05 bits per heavy atom. The summed E-state index contributed by atoms with van der Waals surface area (Å²) in [5.74, 6) is -1.08. The molecule has 1 aliphatic heterocycles. The van der Waals surface area contributed by atoms with Gasteiger partial charge < -0.3 is 25.2 Å². The third kappa shape index (κ3) is 5.53. The molecule has 0 aliphatic carbocycles. The lowest BCUT2D eigenvalue weighted by Crippen LogP contribution is -2.33. The maximum absolute atomic E-state index is 13.0. The first kappa shape index (κ1) is 26.1. The molecule has 1 saturated heterocycles. The van der Waals surface area contributed by atoms with E-state index in [1.807, 2.05) is 76.3 Å². The van der Waals surface area contributed by atoms with E-state index in [2.05, 4.69) is 22.5 Å². The molecule has 0 spiro atoms. The van der Waals surface area contributed by atoms with Gasteiger partial charge in [-0.1, -0.05) is 37.3 Å². The fourth-order valence-corrected chi connectivity index (χ4v) is 5.34. The first-order valence-corrected chi connectivity index (χ1v) is 13.2. The van der Waals surface area contributed by atoms with Crippen molar-refractivity contribution in [3.05, 3.63) is 114 Å². The molecule has 4 aromatic rings. The highest BCUT2D eigenvalue weighted by Crippen LogP contribution is 2.39. The van der Waals surface area contributed by atoms with Crippen molar-refractivity contribution in [2.45, 2.75) is 31.8 Å². The zero-order chi connectivity index (χ0) is 27.4. The number of aryl methyl sites for hydroxylation is 1. The molecule has 0 unspecified atom stereocenters. The Labute approximate surface area is 232 Å². The molecule has 2 atom stereocenters. The minimum Gasteiger partial charge on any atom is -0.478 e. The Hall–Kier alpha value is -4.50. The van der Waals surface area contributed by atoms with Crippen LogP contribution in [-0.4, -0.2) is 43.1 Å². The Balaban J connectivity index is 1.46. The summed E-state index contributed by atoms with van der Waals surface area (Å²) in [6, 6.07) is 23.7. The van der Waals surface area contributed by atoms with Gasteiger partial charge in [-0.25, -0.2) is 4.79 Å². The van der Waals surface area contributed by atoms with Crippen LogP contribution in [0.4, 0.5) is 5.69 Å². The number of amides is 1. The van der Waals surface area contributed by atoms with Gasteiger partial charge >= 0.3 is 5.97 Å². The molecule has 0 bridgehead atoms. The molecular formula is C30H29N5O3S. The van der Waals surface area contributed by atoms with Crippen LogP contribution in [0, 0.1) is 0 Å². The number of carbonyl (C=O) groups excluding carboxylic acids is 1. The van der Waals surface area contributed by atoms with Crippen molar-refractivity contribution in [1.82, 2.24) is 19.8 Å². The lowest BCUT2D eigenvalue weighted by atomic mass is 10.0. The monoisotopic (exact) mass is 539 g/mol. The van der Waals surface area contributed by atoms with Gasteiger partial charge in [0.1, 0.15) is 0 Å². The number of thiocarbonyl (C=S) groups is 1. The third-order valence-electron chi connectivity index (χ3n) is 6.90. The van der Waals surface area contributed by atoms with Crippen LogP contribution in [0.2, 0.25) is 0 Å². The Bertz CT molecular complexity index is 1500. The highest BCUT2D eigenvalue weighted by atomic mass is 32.1. The van der Waals surface area contributed by atoms with Gasteiger partial charge in [-0.3, -0.25) is 9.78 Å². The van der Waals surface area contributed by atoms with Crippen molar-refractivity contribution in [3.63, 3.8) is 0 Å². The van der Waals surface area contributed by atoms with Gasteiger partial charge in [-0.15, -0.1) is 0 Å². The standard InChI is InChI=1S/C30H29N5O3S/c1-2-20-9-3-4-12-23(20)32-26(36)15-18-35-28(27(33-30(35)39)24-13-5-6-16-31-24)25-14-8-17-34(25)22-11-7-10-21(19-22)29(37)38/h3-14,16-17,19,27-28H,2,15,18H2,1H3,(H,32,36)(H,33,39)(H,37,38)/t27-,28+/m0/s1. The van der Waals surface area contributed by atoms with E-state index in [0.717, 1.165) is 34.7 Å². The Morgan fingerprint density at radius 2 is 1.87 bits per heavy atom. The molecule has 1 aliphatic rings. The number of carboxylic acid groups (broad SMARTS) is 1. The summed E-state index contributed by atoms with van der Waals surface area (Å²) in [7, 11) is 0. The summed E-state index contributed by atoms with van der Waals surface area (Å²) in [4.78, 5) is 31.2. The zero-order valence-corrected chi connectivity index (χ0v) is 22.3. The van der Waals surface area contributed by atoms with Crippen molar-refractivity contribution < 1.29 is 14.7 Å². The van der Waals surface area contributed by atoms with Crippen molar-refractivity contribution in [3.8, 4) is 5.69 Å². The average molecular weight is 540 g/mol. The minimum atomic E-state index is -0.988. The van der Waals surface area contributed by atoms with Gasteiger partial charge in [0, 0.05) is 42.4 Å². The summed E-state index contributed by atoms with van der Waals surface area (Å²) in [5.41, 5.74) is 4.55. The number of anilines is 1. The van der Waals surface area contributed by atoms with Gasteiger partial charge in [0.05, 0.1) is 23.3 Å². The van der Waals surface area contributed by atoms with Crippen molar-refractivity contribution in [2.75, 3.05) is 11.9 Å². The molecule has 3 N–H and O–H groups in total. The molecule has 3 heterocycles. The molecule has 9 heteroatoms. The summed E-state index contributed by atoms with van der Waals surface area (Å²) in [6.45, 7) is 2.45. The van der Waals surface area contributed by atoms with Crippen LogP contribution in [0.15, 0.2) is 91.3 Å². The molecule has 1 amide bonds. The highest BCUT2D eigenvalue weighted by Gasteiger charge is 2.41. The van der Waals surface area contributed by atoms with E-state index in [4.69, 9.17) is 12.2 Å². The average Bonchev–Trinajstić information content (AvgIpc) is 3.57. The summed E-state index contributed by atoms with van der Waals surface area (Å²) >= 11 is 5.77. The highest BCUT2D eigenvalue weighted by molar-refractivity contribution is 7.80. The maximum Gasteiger partial charge on any atom is 0.335 e. The fraction of sp³-hybridized carbons (Fsp3) is 0.200. The van der Waals surface area contributed by atoms with E-state index in [1.54, 1.807) is 24.4 Å². The zero-order valence-electron chi connectivity index (χ0n) is 21.4. The number of aromatic nitrogens is 2. The molecule has 5 rings (SSSR count). The Kier molecular flexibility index (Phi) is 7.69. The molecule has 2 aromatic heterocycles. The van der Waals surface area contributed by atoms with E-state index < -0.39 is 5.97 Å². The summed E-state index contributed by atoms with van der Waals surface area (Å²) in [6.07, 6.45) is 4.71. The molecule has 0 saturated carbocycles. The van der Waals surface area contributed by atoms with Crippen LogP contribution >= 0.6 is 12.2 Å². The second-order valence-corrected chi connectivity index (χ2v) is 9.67. The van der Waals surface area contributed by atoms with Crippen molar-refractivity contribution in [1.29, 1.82) is 0 Å². The van der Waals surface area contributed by atoms with E-state index >= 15 is 0 Å². The smallest absolute Gasteiger partial charge is 0.335 e. The second kappa shape index (κ2) is 11.5. The second-order valence-electron chi connectivity index (χ2n) is 9.29.